The Kier molecular flexibility index (Phi) is 6.74. The molecule has 0 aliphatic carbocycles. The first kappa shape index (κ1) is 20.7. The van der Waals surface area contributed by atoms with Gasteiger partial charge in [0, 0.05) is 37.2 Å². The number of amides is 1. The summed E-state index contributed by atoms with van der Waals surface area (Å²) in [5.41, 5.74) is 1.88. The third kappa shape index (κ3) is 5.28. The van der Waals surface area contributed by atoms with Crippen LogP contribution in [0.1, 0.15) is 41.5 Å². The van der Waals surface area contributed by atoms with E-state index in [1.165, 1.54) is 7.11 Å². The molecule has 3 rings (SSSR count). The maximum absolute atomic E-state index is 12.5. The molecule has 154 valence electrons. The molecule has 0 aromatic carbocycles. The number of hydrogen-bond acceptors (Lipinski definition) is 7. The van der Waals surface area contributed by atoms with Crippen molar-refractivity contribution in [2.24, 2.45) is 5.92 Å². The summed E-state index contributed by atoms with van der Waals surface area (Å²) in [7, 11) is 1.34. The van der Waals surface area contributed by atoms with Gasteiger partial charge in [-0.2, -0.15) is 0 Å². The van der Waals surface area contributed by atoms with E-state index in [2.05, 4.69) is 32.1 Å². The van der Waals surface area contributed by atoms with E-state index in [0.29, 0.717) is 18.9 Å². The first-order chi connectivity index (χ1) is 14.0. The molecule has 2 aromatic rings. The molecular formula is C21H27N5O3. The summed E-state index contributed by atoms with van der Waals surface area (Å²) in [5, 5.41) is 3.18. The molecule has 29 heavy (non-hydrogen) atoms. The van der Waals surface area contributed by atoms with Crippen molar-refractivity contribution in [3.05, 3.63) is 47.5 Å². The number of aryl methyl sites for hydroxylation is 1. The quantitative estimate of drug-likeness (QED) is 0.744. The summed E-state index contributed by atoms with van der Waals surface area (Å²) in [6.45, 7) is 5.38. The number of rotatable bonds is 6. The van der Waals surface area contributed by atoms with Crippen LogP contribution in [0.5, 0.6) is 0 Å². The number of methoxy groups -OCH3 is 1. The predicted octanol–water partition coefficient (Wildman–Crippen LogP) is 1.93. The molecule has 0 bridgehead atoms. The van der Waals surface area contributed by atoms with Crippen molar-refractivity contribution in [1.29, 1.82) is 0 Å². The van der Waals surface area contributed by atoms with E-state index in [1.807, 2.05) is 19.1 Å². The summed E-state index contributed by atoms with van der Waals surface area (Å²) >= 11 is 0. The molecule has 1 aliphatic heterocycles. The Morgan fingerprint density at radius 1 is 1.34 bits per heavy atom. The van der Waals surface area contributed by atoms with Crippen LogP contribution < -0.4 is 10.2 Å². The molecular weight excluding hydrogens is 370 g/mol. The molecule has 1 aliphatic rings. The zero-order valence-corrected chi connectivity index (χ0v) is 17.1. The van der Waals surface area contributed by atoms with Crippen LogP contribution in [0.25, 0.3) is 0 Å². The van der Waals surface area contributed by atoms with Crippen molar-refractivity contribution < 1.29 is 14.3 Å². The average molecular weight is 397 g/mol. The number of carbonyl (C=O) groups excluding carboxylic acids is 2. The fourth-order valence-electron chi connectivity index (χ4n) is 3.67. The van der Waals surface area contributed by atoms with Crippen LogP contribution in [0.3, 0.4) is 0 Å². The van der Waals surface area contributed by atoms with Gasteiger partial charge >= 0.3 is 5.97 Å². The molecule has 1 saturated heterocycles. The van der Waals surface area contributed by atoms with Gasteiger partial charge in [-0.3, -0.25) is 9.78 Å². The lowest BCUT2D eigenvalue weighted by Crippen LogP contribution is -2.51. The van der Waals surface area contributed by atoms with Gasteiger partial charge in [0.05, 0.1) is 13.5 Å². The Balaban J connectivity index is 1.65. The predicted molar refractivity (Wildman–Crippen MR) is 109 cm³/mol. The number of aromatic nitrogens is 3. The number of hydrogen-bond donors (Lipinski definition) is 1. The van der Waals surface area contributed by atoms with Gasteiger partial charge in [-0.1, -0.05) is 13.0 Å². The van der Waals surface area contributed by atoms with Crippen LogP contribution in [-0.2, 0) is 16.0 Å². The normalized spacial score (nSPS) is 18.9. The Morgan fingerprint density at radius 2 is 2.17 bits per heavy atom. The molecule has 0 saturated carbocycles. The highest BCUT2D eigenvalue weighted by Crippen LogP contribution is 2.24. The van der Waals surface area contributed by atoms with Crippen molar-refractivity contribution in [1.82, 2.24) is 20.3 Å². The number of carbonyl (C=O) groups is 2. The molecule has 1 fully saturated rings. The third-order valence-corrected chi connectivity index (χ3v) is 5.21. The van der Waals surface area contributed by atoms with E-state index in [9.17, 15) is 9.59 Å². The van der Waals surface area contributed by atoms with Gasteiger partial charge in [0.25, 0.3) is 0 Å². The van der Waals surface area contributed by atoms with Gasteiger partial charge in [0.2, 0.25) is 11.9 Å². The molecule has 2 atom stereocenters. The SMILES string of the molecule is CC[C@@H]1CN(c2nc(C)cc(C(=O)OC)n2)CC[C@@H]1NC(=O)Cc1cccnc1. The minimum absolute atomic E-state index is 0.00897. The van der Waals surface area contributed by atoms with Crippen molar-refractivity contribution in [3.8, 4) is 0 Å². The number of nitrogens with zero attached hydrogens (tertiary/aromatic N) is 4. The molecule has 8 heteroatoms. The molecule has 0 unspecified atom stereocenters. The molecule has 0 spiro atoms. The Hall–Kier alpha value is -3.03. The molecule has 1 amide bonds. The number of nitrogens with one attached hydrogen (secondary N) is 1. The zero-order valence-electron chi connectivity index (χ0n) is 17.1. The number of pyridine rings is 1. The molecule has 3 heterocycles. The van der Waals surface area contributed by atoms with Gasteiger partial charge in [-0.05, 0) is 43.4 Å². The molecule has 8 nitrogen and oxygen atoms in total. The zero-order chi connectivity index (χ0) is 20.8. The van der Waals surface area contributed by atoms with E-state index < -0.39 is 5.97 Å². The van der Waals surface area contributed by atoms with E-state index in [-0.39, 0.29) is 23.6 Å². The summed E-state index contributed by atoms with van der Waals surface area (Å²) in [5.74, 6) is 0.340. The maximum Gasteiger partial charge on any atom is 0.356 e. The monoisotopic (exact) mass is 397 g/mol. The fourth-order valence-corrected chi connectivity index (χ4v) is 3.67. The second-order valence-corrected chi connectivity index (χ2v) is 7.30. The third-order valence-electron chi connectivity index (χ3n) is 5.21. The van der Waals surface area contributed by atoms with E-state index in [1.54, 1.807) is 18.5 Å². The minimum Gasteiger partial charge on any atom is -0.464 e. The molecule has 1 N–H and O–H groups in total. The number of piperidine rings is 1. The van der Waals surface area contributed by atoms with Crippen molar-refractivity contribution in [3.63, 3.8) is 0 Å². The highest BCUT2D eigenvalue weighted by atomic mass is 16.5. The number of anilines is 1. The Morgan fingerprint density at radius 3 is 2.86 bits per heavy atom. The van der Waals surface area contributed by atoms with Gasteiger partial charge in [0.1, 0.15) is 0 Å². The van der Waals surface area contributed by atoms with Crippen LogP contribution in [0, 0.1) is 12.8 Å². The van der Waals surface area contributed by atoms with Crippen molar-refractivity contribution in [2.75, 3.05) is 25.1 Å². The van der Waals surface area contributed by atoms with E-state index in [4.69, 9.17) is 4.74 Å². The summed E-state index contributed by atoms with van der Waals surface area (Å²) in [4.78, 5) is 39.3. The van der Waals surface area contributed by atoms with Crippen LogP contribution in [0.2, 0.25) is 0 Å². The molecule has 0 radical (unpaired) electrons. The lowest BCUT2D eigenvalue weighted by Gasteiger charge is -2.38. The maximum atomic E-state index is 12.5. The largest absolute Gasteiger partial charge is 0.464 e. The minimum atomic E-state index is -0.471. The highest BCUT2D eigenvalue weighted by molar-refractivity contribution is 5.87. The second kappa shape index (κ2) is 9.45. The number of esters is 1. The van der Waals surface area contributed by atoms with Crippen molar-refractivity contribution in [2.45, 2.75) is 39.2 Å². The van der Waals surface area contributed by atoms with Crippen LogP contribution in [0.15, 0.2) is 30.6 Å². The van der Waals surface area contributed by atoms with Gasteiger partial charge < -0.3 is 15.0 Å². The van der Waals surface area contributed by atoms with E-state index in [0.717, 1.165) is 30.6 Å². The summed E-state index contributed by atoms with van der Waals surface area (Å²) in [6, 6.07) is 5.46. The Labute approximate surface area is 170 Å². The van der Waals surface area contributed by atoms with Gasteiger partial charge in [-0.15, -0.1) is 0 Å². The highest BCUT2D eigenvalue weighted by Gasteiger charge is 2.30. The number of ether oxygens (including phenoxy) is 1. The topological polar surface area (TPSA) is 97.3 Å². The smallest absolute Gasteiger partial charge is 0.356 e. The Bertz CT molecular complexity index is 859. The lowest BCUT2D eigenvalue weighted by molar-refractivity contribution is -0.121. The van der Waals surface area contributed by atoms with Crippen molar-refractivity contribution >= 4 is 17.8 Å². The standard InChI is InChI=1S/C21H27N5O3/c1-4-16-13-26(21-23-14(2)10-18(25-21)20(28)29-3)9-7-17(16)24-19(27)11-15-6-5-8-22-12-15/h5-6,8,10,12,16-17H,4,7,9,11,13H2,1-3H3,(H,24,27)/t16-,17+/m1/s1. The van der Waals surface area contributed by atoms with Gasteiger partial charge in [-0.25, -0.2) is 14.8 Å². The van der Waals surface area contributed by atoms with Gasteiger partial charge in [0.15, 0.2) is 5.69 Å². The average Bonchev–Trinajstić information content (AvgIpc) is 2.73. The van der Waals surface area contributed by atoms with Crippen LogP contribution in [-0.4, -0.2) is 53.1 Å². The van der Waals surface area contributed by atoms with Crippen LogP contribution >= 0.6 is 0 Å². The summed E-state index contributed by atoms with van der Waals surface area (Å²) in [6.07, 6.45) is 5.46. The second-order valence-electron chi connectivity index (χ2n) is 7.30. The first-order valence-corrected chi connectivity index (χ1v) is 9.87. The first-order valence-electron chi connectivity index (χ1n) is 9.87. The fraction of sp³-hybridized carbons (Fsp3) is 0.476. The van der Waals surface area contributed by atoms with E-state index >= 15 is 0 Å². The summed E-state index contributed by atoms with van der Waals surface area (Å²) < 4.78 is 4.79. The van der Waals surface area contributed by atoms with Crippen LogP contribution in [0.4, 0.5) is 5.95 Å². The lowest BCUT2D eigenvalue weighted by atomic mass is 9.90. The molecule has 2 aromatic heterocycles.